The number of hydrogen-bond acceptors (Lipinski definition) is 3. The molecule has 0 atom stereocenters. The van der Waals surface area contributed by atoms with Gasteiger partial charge in [-0.3, -0.25) is 4.98 Å². The summed E-state index contributed by atoms with van der Waals surface area (Å²) in [5.74, 6) is 0. The Labute approximate surface area is 90.5 Å². The van der Waals surface area contributed by atoms with E-state index >= 15 is 0 Å². The van der Waals surface area contributed by atoms with Crippen molar-refractivity contribution in [3.63, 3.8) is 0 Å². The molecule has 3 rings (SSSR count). The van der Waals surface area contributed by atoms with Crippen LogP contribution in [0.5, 0.6) is 0 Å². The third-order valence-corrected chi connectivity index (χ3v) is 3.85. The fourth-order valence-electron chi connectivity index (χ4n) is 2.63. The molecule has 1 spiro atoms. The highest BCUT2D eigenvalue weighted by Crippen LogP contribution is 2.36. The maximum Gasteiger partial charge on any atom is 0.0397 e. The van der Waals surface area contributed by atoms with Crippen LogP contribution in [-0.2, 0) is 0 Å². The predicted molar refractivity (Wildman–Crippen MR) is 61.0 cm³/mol. The molecule has 3 heterocycles. The van der Waals surface area contributed by atoms with Gasteiger partial charge >= 0.3 is 0 Å². The Bertz CT molecular complexity index is 322. The van der Waals surface area contributed by atoms with Crippen molar-refractivity contribution < 1.29 is 0 Å². The maximum atomic E-state index is 4.06. The van der Waals surface area contributed by atoms with Gasteiger partial charge in [0.15, 0.2) is 0 Å². The second-order valence-corrected chi connectivity index (χ2v) is 4.80. The Morgan fingerprint density at radius 1 is 1.13 bits per heavy atom. The van der Waals surface area contributed by atoms with E-state index < -0.39 is 0 Å². The average Bonchev–Trinajstić information content (AvgIpc) is 2.28. The lowest BCUT2D eigenvalue weighted by Gasteiger charge is -2.48. The molecule has 15 heavy (non-hydrogen) atoms. The summed E-state index contributed by atoms with van der Waals surface area (Å²) in [6, 6.07) is 4.22. The minimum atomic E-state index is 0.642. The lowest BCUT2D eigenvalue weighted by atomic mass is 9.73. The molecule has 0 radical (unpaired) electrons. The third kappa shape index (κ3) is 1.61. The highest BCUT2D eigenvalue weighted by molar-refractivity contribution is 5.45. The van der Waals surface area contributed by atoms with Crippen molar-refractivity contribution in [1.82, 2.24) is 10.3 Å². The number of rotatable bonds is 1. The molecule has 2 aliphatic rings. The van der Waals surface area contributed by atoms with E-state index in [9.17, 15) is 0 Å². The normalized spacial score (nSPS) is 23.9. The molecule has 0 unspecified atom stereocenters. The zero-order chi connectivity index (χ0) is 10.1. The monoisotopic (exact) mass is 203 g/mol. The van der Waals surface area contributed by atoms with E-state index in [1.807, 2.05) is 12.4 Å². The van der Waals surface area contributed by atoms with Crippen LogP contribution in [0.4, 0.5) is 5.69 Å². The highest BCUT2D eigenvalue weighted by atomic mass is 15.2. The molecule has 0 saturated carbocycles. The van der Waals surface area contributed by atoms with Gasteiger partial charge < -0.3 is 10.2 Å². The van der Waals surface area contributed by atoms with Crippen LogP contribution >= 0.6 is 0 Å². The van der Waals surface area contributed by atoms with Crippen LogP contribution in [-0.4, -0.2) is 31.2 Å². The third-order valence-electron chi connectivity index (χ3n) is 3.85. The molecule has 3 heteroatoms. The van der Waals surface area contributed by atoms with Crippen molar-refractivity contribution in [1.29, 1.82) is 0 Å². The standard InChI is InChI=1S/C12H17N3/c1-5-13-6-2-11(1)15-7-3-12(4-8-15)9-14-10-12/h1-2,5-6,14H,3-4,7-10H2. The van der Waals surface area contributed by atoms with Crippen LogP contribution in [0.25, 0.3) is 0 Å². The Hall–Kier alpha value is -1.09. The van der Waals surface area contributed by atoms with E-state index in [0.717, 1.165) is 0 Å². The second-order valence-electron chi connectivity index (χ2n) is 4.80. The number of piperidine rings is 1. The molecule has 3 nitrogen and oxygen atoms in total. The van der Waals surface area contributed by atoms with Crippen molar-refractivity contribution in [2.24, 2.45) is 5.41 Å². The van der Waals surface area contributed by atoms with E-state index in [2.05, 4.69) is 27.3 Å². The summed E-state index contributed by atoms with van der Waals surface area (Å²) >= 11 is 0. The summed E-state index contributed by atoms with van der Waals surface area (Å²) in [6.45, 7) is 4.87. The Morgan fingerprint density at radius 2 is 1.80 bits per heavy atom. The number of nitrogens with zero attached hydrogens (tertiary/aromatic N) is 2. The molecule has 1 N–H and O–H groups in total. The lowest BCUT2D eigenvalue weighted by molar-refractivity contribution is 0.126. The van der Waals surface area contributed by atoms with Gasteiger partial charge in [-0.05, 0) is 30.4 Å². The predicted octanol–water partition coefficient (Wildman–Crippen LogP) is 1.27. The fourth-order valence-corrected chi connectivity index (χ4v) is 2.63. The largest absolute Gasteiger partial charge is 0.371 e. The van der Waals surface area contributed by atoms with Crippen LogP contribution in [0.1, 0.15) is 12.8 Å². The lowest BCUT2D eigenvalue weighted by Crippen LogP contribution is -2.58. The minimum absolute atomic E-state index is 0.642. The molecule has 2 fully saturated rings. The van der Waals surface area contributed by atoms with Crippen molar-refractivity contribution >= 4 is 5.69 Å². The van der Waals surface area contributed by atoms with Crippen molar-refractivity contribution in [3.05, 3.63) is 24.5 Å². The summed E-state index contributed by atoms with van der Waals surface area (Å²) < 4.78 is 0. The molecular formula is C12H17N3. The number of aromatic nitrogens is 1. The second kappa shape index (κ2) is 3.49. The van der Waals surface area contributed by atoms with Crippen molar-refractivity contribution in [2.45, 2.75) is 12.8 Å². The molecule has 80 valence electrons. The van der Waals surface area contributed by atoms with Gasteiger partial charge in [0.2, 0.25) is 0 Å². The van der Waals surface area contributed by atoms with E-state index in [0.29, 0.717) is 5.41 Å². The molecule has 1 aromatic heterocycles. The van der Waals surface area contributed by atoms with Gasteiger partial charge in [0.25, 0.3) is 0 Å². The number of hydrogen-bond donors (Lipinski definition) is 1. The van der Waals surface area contributed by atoms with Crippen LogP contribution in [0.2, 0.25) is 0 Å². The number of nitrogens with one attached hydrogen (secondary N) is 1. The fraction of sp³-hybridized carbons (Fsp3) is 0.583. The highest BCUT2D eigenvalue weighted by Gasteiger charge is 2.39. The Morgan fingerprint density at radius 3 is 2.33 bits per heavy atom. The molecule has 1 aromatic rings. The Kier molecular flexibility index (Phi) is 2.13. The minimum Gasteiger partial charge on any atom is -0.371 e. The van der Waals surface area contributed by atoms with Gasteiger partial charge in [-0.2, -0.15) is 0 Å². The summed E-state index contributed by atoms with van der Waals surface area (Å²) in [4.78, 5) is 6.54. The van der Waals surface area contributed by atoms with Gasteiger partial charge in [-0.15, -0.1) is 0 Å². The molecule has 0 amide bonds. The average molecular weight is 203 g/mol. The van der Waals surface area contributed by atoms with E-state index in [1.165, 1.54) is 44.7 Å². The first-order chi connectivity index (χ1) is 7.38. The van der Waals surface area contributed by atoms with Crippen molar-refractivity contribution in [2.75, 3.05) is 31.1 Å². The van der Waals surface area contributed by atoms with Gasteiger partial charge in [-0.1, -0.05) is 0 Å². The first-order valence-corrected chi connectivity index (χ1v) is 5.74. The molecule has 2 saturated heterocycles. The zero-order valence-corrected chi connectivity index (χ0v) is 8.95. The molecule has 0 aromatic carbocycles. The number of anilines is 1. The summed E-state index contributed by atoms with van der Waals surface area (Å²) in [5.41, 5.74) is 1.97. The summed E-state index contributed by atoms with van der Waals surface area (Å²) in [7, 11) is 0. The molecule has 0 aliphatic carbocycles. The SMILES string of the molecule is c1cc(N2CCC3(CC2)CNC3)ccn1. The van der Waals surface area contributed by atoms with Gasteiger partial charge in [0.1, 0.15) is 0 Å². The van der Waals surface area contributed by atoms with E-state index in [1.54, 1.807) is 0 Å². The van der Waals surface area contributed by atoms with Crippen LogP contribution in [0.3, 0.4) is 0 Å². The maximum absolute atomic E-state index is 4.06. The number of pyridine rings is 1. The van der Waals surface area contributed by atoms with Crippen LogP contribution < -0.4 is 10.2 Å². The van der Waals surface area contributed by atoms with E-state index in [-0.39, 0.29) is 0 Å². The van der Waals surface area contributed by atoms with Crippen LogP contribution in [0.15, 0.2) is 24.5 Å². The molecular weight excluding hydrogens is 186 g/mol. The smallest absolute Gasteiger partial charge is 0.0397 e. The Balaban J connectivity index is 1.67. The molecule has 2 aliphatic heterocycles. The van der Waals surface area contributed by atoms with Gasteiger partial charge in [0, 0.05) is 44.3 Å². The van der Waals surface area contributed by atoms with Crippen LogP contribution in [0, 0.1) is 5.41 Å². The summed E-state index contributed by atoms with van der Waals surface area (Å²) in [5, 5.41) is 3.40. The first-order valence-electron chi connectivity index (χ1n) is 5.74. The van der Waals surface area contributed by atoms with Gasteiger partial charge in [0.05, 0.1) is 0 Å². The van der Waals surface area contributed by atoms with Crippen molar-refractivity contribution in [3.8, 4) is 0 Å². The van der Waals surface area contributed by atoms with E-state index in [4.69, 9.17) is 0 Å². The zero-order valence-electron chi connectivity index (χ0n) is 8.95. The first kappa shape index (κ1) is 9.16. The topological polar surface area (TPSA) is 28.2 Å². The quantitative estimate of drug-likeness (QED) is 0.745. The summed E-state index contributed by atoms with van der Waals surface area (Å²) in [6.07, 6.45) is 6.43. The van der Waals surface area contributed by atoms with Gasteiger partial charge in [-0.25, -0.2) is 0 Å². The molecule has 0 bridgehead atoms.